The summed E-state index contributed by atoms with van der Waals surface area (Å²) in [6, 6.07) is 6.11. The van der Waals surface area contributed by atoms with Gasteiger partial charge in [-0.05, 0) is 87.3 Å². The van der Waals surface area contributed by atoms with Crippen molar-refractivity contribution in [2.75, 3.05) is 18.4 Å². The molecule has 6 aliphatic rings. The Kier molecular flexibility index (Phi) is 5.03. The van der Waals surface area contributed by atoms with Gasteiger partial charge < -0.3 is 25.4 Å². The van der Waals surface area contributed by atoms with Gasteiger partial charge in [0.15, 0.2) is 5.13 Å². The van der Waals surface area contributed by atoms with Crippen LogP contribution in [0, 0.1) is 17.8 Å². The molecule has 5 aliphatic carbocycles. The van der Waals surface area contributed by atoms with E-state index in [2.05, 4.69) is 15.6 Å². The van der Waals surface area contributed by atoms with E-state index >= 15 is 0 Å². The molecule has 8 rings (SSSR count). The maximum atomic E-state index is 13.0. The zero-order valence-electron chi connectivity index (χ0n) is 19.7. The Morgan fingerprint density at radius 1 is 1.11 bits per heavy atom. The second-order valence-electron chi connectivity index (χ2n) is 11.6. The van der Waals surface area contributed by atoms with Gasteiger partial charge in [-0.15, -0.1) is 0 Å². The summed E-state index contributed by atoms with van der Waals surface area (Å²) in [5, 5.41) is 18.1. The van der Waals surface area contributed by atoms with Crippen molar-refractivity contribution in [1.82, 2.24) is 15.2 Å². The van der Waals surface area contributed by atoms with Crippen LogP contribution in [0.15, 0.2) is 18.2 Å². The van der Waals surface area contributed by atoms with Crippen molar-refractivity contribution in [2.24, 2.45) is 17.8 Å². The van der Waals surface area contributed by atoms with Crippen LogP contribution in [-0.2, 0) is 4.74 Å². The third-order valence-electron chi connectivity index (χ3n) is 8.73. The first kappa shape index (κ1) is 21.9. The van der Waals surface area contributed by atoms with Gasteiger partial charge in [0, 0.05) is 30.7 Å². The van der Waals surface area contributed by atoms with E-state index in [0.717, 1.165) is 66.7 Å². The monoisotopic (exact) mass is 496 g/mol. The predicted molar refractivity (Wildman–Crippen MR) is 132 cm³/mol. The molecule has 3 atom stereocenters. The fourth-order valence-electron chi connectivity index (χ4n) is 7.16. The number of thiazole rings is 1. The van der Waals surface area contributed by atoms with Gasteiger partial charge in [-0.2, -0.15) is 0 Å². The zero-order valence-corrected chi connectivity index (χ0v) is 20.6. The molecular formula is C26H32N4O4S. The van der Waals surface area contributed by atoms with E-state index in [1.807, 2.05) is 23.1 Å². The number of fused-ring (bicyclic) bond motifs is 1. The minimum Gasteiger partial charge on any atom is -0.446 e. The topological polar surface area (TPSA) is 104 Å². The zero-order chi connectivity index (χ0) is 23.7. The highest BCUT2D eigenvalue weighted by Gasteiger charge is 2.56. The van der Waals surface area contributed by atoms with Gasteiger partial charge in [0.2, 0.25) is 0 Å². The van der Waals surface area contributed by atoms with Crippen LogP contribution < -0.4 is 10.6 Å². The average molecular weight is 497 g/mol. The Morgan fingerprint density at radius 3 is 2.66 bits per heavy atom. The van der Waals surface area contributed by atoms with Gasteiger partial charge in [0.05, 0.1) is 15.8 Å². The molecule has 1 unspecified atom stereocenters. The first-order valence-corrected chi connectivity index (χ1v) is 13.9. The van der Waals surface area contributed by atoms with Crippen molar-refractivity contribution in [3.8, 4) is 0 Å². The molecule has 9 heteroatoms. The van der Waals surface area contributed by atoms with Crippen molar-refractivity contribution in [3.05, 3.63) is 23.8 Å². The van der Waals surface area contributed by atoms with Gasteiger partial charge >= 0.3 is 6.09 Å². The molecule has 3 N–H and O–H groups in total. The van der Waals surface area contributed by atoms with Crippen LogP contribution in [0.1, 0.15) is 61.7 Å². The summed E-state index contributed by atoms with van der Waals surface area (Å²) < 4.78 is 7.05. The summed E-state index contributed by atoms with van der Waals surface area (Å²) >= 11 is 1.54. The van der Waals surface area contributed by atoms with Crippen LogP contribution in [0.5, 0.6) is 0 Å². The largest absolute Gasteiger partial charge is 0.446 e. The van der Waals surface area contributed by atoms with Crippen molar-refractivity contribution >= 4 is 38.7 Å². The molecule has 6 fully saturated rings. The molecule has 35 heavy (non-hydrogen) atoms. The first-order valence-electron chi connectivity index (χ1n) is 13.1. The molecule has 4 bridgehead atoms. The number of likely N-dealkylation sites (tertiary alicyclic amines) is 1. The quantitative estimate of drug-likeness (QED) is 0.583. The fraction of sp³-hybridized carbons (Fsp3) is 0.654. The lowest BCUT2D eigenvalue weighted by Crippen LogP contribution is -2.58. The number of amides is 2. The van der Waals surface area contributed by atoms with E-state index < -0.39 is 5.60 Å². The Labute approximate surface area is 208 Å². The second-order valence-corrected chi connectivity index (χ2v) is 12.6. The number of nitrogens with zero attached hydrogens (tertiary/aromatic N) is 2. The third kappa shape index (κ3) is 4.16. The van der Waals surface area contributed by atoms with E-state index in [0.29, 0.717) is 42.4 Å². The van der Waals surface area contributed by atoms with E-state index in [9.17, 15) is 14.7 Å². The summed E-state index contributed by atoms with van der Waals surface area (Å²) in [6.45, 7) is 1.26. The maximum Gasteiger partial charge on any atom is 0.410 e. The number of aliphatic hydroxyl groups is 1. The molecule has 2 amide bonds. The van der Waals surface area contributed by atoms with Crippen molar-refractivity contribution in [2.45, 2.75) is 75.2 Å². The number of aromatic nitrogens is 1. The molecule has 2 aromatic rings. The SMILES string of the molecule is O=C(NC1CC1)c1ccc2nc(NC3CCN(C(=O)OC4[C@@H]5CC6C[C@@H]4CC(O)(C6)C5)C3)sc2c1. The lowest BCUT2D eigenvalue weighted by molar-refractivity contribution is -0.177. The highest BCUT2D eigenvalue weighted by molar-refractivity contribution is 7.22. The number of carbonyl (C=O) groups excluding carboxylic acids is 2. The molecule has 1 saturated heterocycles. The Hall–Kier alpha value is -2.39. The lowest BCUT2D eigenvalue weighted by atomic mass is 9.53. The van der Waals surface area contributed by atoms with Crippen LogP contribution in [0.3, 0.4) is 0 Å². The van der Waals surface area contributed by atoms with E-state index in [1.165, 1.54) is 0 Å². The van der Waals surface area contributed by atoms with Crippen LogP contribution in [-0.4, -0.2) is 63.9 Å². The number of nitrogens with one attached hydrogen (secondary N) is 2. The Balaban J connectivity index is 0.962. The second kappa shape index (κ2) is 8.06. The van der Waals surface area contributed by atoms with Crippen LogP contribution in [0.25, 0.3) is 10.2 Å². The molecule has 1 aromatic heterocycles. The molecule has 2 heterocycles. The molecule has 5 saturated carbocycles. The summed E-state index contributed by atoms with van der Waals surface area (Å²) in [6.07, 6.45) is 7.40. The fourth-order valence-corrected chi connectivity index (χ4v) is 8.14. The Morgan fingerprint density at radius 2 is 1.91 bits per heavy atom. The van der Waals surface area contributed by atoms with Crippen LogP contribution >= 0.6 is 11.3 Å². The Bertz CT molecular complexity index is 1160. The van der Waals surface area contributed by atoms with Crippen LogP contribution in [0.2, 0.25) is 0 Å². The van der Waals surface area contributed by atoms with Crippen LogP contribution in [0.4, 0.5) is 9.93 Å². The number of anilines is 1. The van der Waals surface area contributed by atoms with E-state index in [4.69, 9.17) is 4.74 Å². The van der Waals surface area contributed by atoms with Gasteiger partial charge in [-0.25, -0.2) is 9.78 Å². The summed E-state index contributed by atoms with van der Waals surface area (Å²) in [5.74, 6) is 1.21. The predicted octanol–water partition coefficient (Wildman–Crippen LogP) is 3.75. The molecule has 8 nitrogen and oxygen atoms in total. The van der Waals surface area contributed by atoms with Gasteiger partial charge in [-0.3, -0.25) is 4.79 Å². The van der Waals surface area contributed by atoms with Gasteiger partial charge in [0.25, 0.3) is 5.91 Å². The molecule has 1 aromatic carbocycles. The average Bonchev–Trinajstić information content (AvgIpc) is 3.34. The molecule has 1 aliphatic heterocycles. The molecule has 0 spiro atoms. The first-order chi connectivity index (χ1) is 16.9. The highest BCUT2D eigenvalue weighted by atomic mass is 32.1. The van der Waals surface area contributed by atoms with Crippen molar-refractivity contribution < 1.29 is 19.4 Å². The standard InChI is InChI=1S/C26H32N4O4S/c31-23(27-18-2-3-18)15-1-4-20-21(9-15)35-24(29-20)28-19-5-6-30(13-19)25(32)34-22-16-7-14-8-17(22)12-26(33,10-14)11-16/h1,4,9,14,16-19,22,33H,2-3,5-8,10-13H2,(H,27,31)(H,28,29)/t14?,16-,17-,19?,22?,26?/m1/s1. The number of hydrogen-bond acceptors (Lipinski definition) is 7. The lowest BCUT2D eigenvalue weighted by Gasteiger charge is -2.57. The summed E-state index contributed by atoms with van der Waals surface area (Å²) in [4.78, 5) is 31.9. The van der Waals surface area contributed by atoms with Crippen molar-refractivity contribution in [1.29, 1.82) is 0 Å². The van der Waals surface area contributed by atoms with Gasteiger partial charge in [0.1, 0.15) is 6.10 Å². The summed E-state index contributed by atoms with van der Waals surface area (Å²) in [5.41, 5.74) is 1.03. The maximum absolute atomic E-state index is 13.0. The summed E-state index contributed by atoms with van der Waals surface area (Å²) in [7, 11) is 0. The van der Waals surface area contributed by atoms with E-state index in [-0.39, 0.29) is 24.1 Å². The van der Waals surface area contributed by atoms with Crippen molar-refractivity contribution in [3.63, 3.8) is 0 Å². The van der Waals surface area contributed by atoms with Gasteiger partial charge in [-0.1, -0.05) is 11.3 Å². The molecular weight excluding hydrogens is 464 g/mol. The minimum absolute atomic E-state index is 0.0180. The smallest absolute Gasteiger partial charge is 0.410 e. The number of benzene rings is 1. The highest BCUT2D eigenvalue weighted by Crippen LogP contribution is 2.56. The van der Waals surface area contributed by atoms with E-state index in [1.54, 1.807) is 11.3 Å². The number of rotatable bonds is 5. The number of carbonyl (C=O) groups is 2. The number of hydrogen-bond donors (Lipinski definition) is 3. The third-order valence-corrected chi connectivity index (χ3v) is 9.68. The molecule has 186 valence electrons. The minimum atomic E-state index is -0.513. The number of ether oxygens (including phenoxy) is 1. The normalized spacial score (nSPS) is 35.5. The molecule has 0 radical (unpaired) electrons.